The van der Waals surface area contributed by atoms with Crippen molar-refractivity contribution in [2.75, 3.05) is 18.5 Å². The third-order valence-electron chi connectivity index (χ3n) is 4.26. The van der Waals surface area contributed by atoms with Crippen molar-refractivity contribution in [3.63, 3.8) is 0 Å². The first-order valence-corrected chi connectivity index (χ1v) is 7.94. The minimum absolute atomic E-state index is 0.296. The van der Waals surface area contributed by atoms with Crippen LogP contribution in [-0.2, 0) is 19.4 Å². The van der Waals surface area contributed by atoms with Gasteiger partial charge in [0.2, 0.25) is 0 Å². The second kappa shape index (κ2) is 6.03. The molecular formula is C18H17FN2O3. The summed E-state index contributed by atoms with van der Waals surface area (Å²) in [7, 11) is 0. The monoisotopic (exact) mass is 328 g/mol. The molecule has 124 valence electrons. The Morgan fingerprint density at radius 3 is 2.75 bits per heavy atom. The zero-order chi connectivity index (χ0) is 16.5. The lowest BCUT2D eigenvalue weighted by Crippen LogP contribution is -2.28. The zero-order valence-corrected chi connectivity index (χ0v) is 13.0. The molecule has 0 saturated heterocycles. The van der Waals surface area contributed by atoms with Crippen LogP contribution in [0.2, 0.25) is 0 Å². The second-order valence-corrected chi connectivity index (χ2v) is 5.85. The Bertz CT molecular complexity index is 758. The van der Waals surface area contributed by atoms with Gasteiger partial charge in [-0.25, -0.2) is 9.18 Å². The fourth-order valence-electron chi connectivity index (χ4n) is 3.06. The van der Waals surface area contributed by atoms with Gasteiger partial charge >= 0.3 is 6.03 Å². The van der Waals surface area contributed by atoms with Crippen molar-refractivity contribution < 1.29 is 18.7 Å². The van der Waals surface area contributed by atoms with E-state index in [1.165, 1.54) is 12.1 Å². The van der Waals surface area contributed by atoms with E-state index in [4.69, 9.17) is 9.47 Å². The fraction of sp³-hybridized carbons (Fsp3) is 0.278. The van der Waals surface area contributed by atoms with Crippen molar-refractivity contribution in [2.24, 2.45) is 0 Å². The lowest BCUT2D eigenvalue weighted by atomic mass is 10.0. The number of rotatable bonds is 3. The molecule has 0 unspecified atom stereocenters. The largest absolute Gasteiger partial charge is 0.493 e. The number of carbonyl (C=O) groups is 1. The lowest BCUT2D eigenvalue weighted by Gasteiger charge is -2.14. The van der Waals surface area contributed by atoms with Crippen molar-refractivity contribution in [3.05, 3.63) is 52.8 Å². The number of urea groups is 1. The Morgan fingerprint density at radius 1 is 1.12 bits per heavy atom. The molecule has 0 aromatic heterocycles. The molecule has 2 N–H and O–H groups in total. The highest BCUT2D eigenvalue weighted by Crippen LogP contribution is 2.44. The van der Waals surface area contributed by atoms with Crippen molar-refractivity contribution in [1.29, 1.82) is 0 Å². The number of benzene rings is 2. The van der Waals surface area contributed by atoms with Crippen LogP contribution in [0.4, 0.5) is 14.9 Å². The Morgan fingerprint density at radius 2 is 1.92 bits per heavy atom. The van der Waals surface area contributed by atoms with E-state index in [0.717, 1.165) is 41.0 Å². The molecule has 0 radical (unpaired) electrons. The number of ether oxygens (including phenoxy) is 2. The molecule has 2 aliphatic rings. The first-order chi connectivity index (χ1) is 11.7. The van der Waals surface area contributed by atoms with Crippen LogP contribution < -0.4 is 20.1 Å². The summed E-state index contributed by atoms with van der Waals surface area (Å²) >= 11 is 0. The van der Waals surface area contributed by atoms with Crippen LogP contribution >= 0.6 is 0 Å². The predicted molar refractivity (Wildman–Crippen MR) is 87.1 cm³/mol. The number of halogens is 1. The summed E-state index contributed by atoms with van der Waals surface area (Å²) in [5.74, 6) is 1.28. The SMILES string of the molecule is O=C(NCc1ccc(F)cc1)Nc1c2c(cc3c1OCC3)OCC2. The van der Waals surface area contributed by atoms with Crippen LogP contribution in [-0.4, -0.2) is 19.2 Å². The van der Waals surface area contributed by atoms with Crippen LogP contribution in [0.25, 0.3) is 0 Å². The van der Waals surface area contributed by atoms with E-state index in [1.807, 2.05) is 6.07 Å². The van der Waals surface area contributed by atoms with Crippen LogP contribution in [0.3, 0.4) is 0 Å². The summed E-state index contributed by atoms with van der Waals surface area (Å²) in [6.07, 6.45) is 1.57. The van der Waals surface area contributed by atoms with Gasteiger partial charge in [0.05, 0.1) is 18.9 Å². The molecule has 0 bridgehead atoms. The molecule has 4 rings (SSSR count). The van der Waals surface area contributed by atoms with E-state index >= 15 is 0 Å². The molecule has 0 fully saturated rings. The Balaban J connectivity index is 1.49. The second-order valence-electron chi connectivity index (χ2n) is 5.85. The molecular weight excluding hydrogens is 311 g/mol. The standard InChI is InChI=1S/C18H17FN2O3/c19-13-3-1-11(2-4-13)10-20-18(22)21-16-14-6-8-23-15(14)9-12-5-7-24-17(12)16/h1-4,9H,5-8,10H2,(H2,20,21,22). The third kappa shape index (κ3) is 2.75. The van der Waals surface area contributed by atoms with E-state index in [1.54, 1.807) is 12.1 Å². The Kier molecular flexibility index (Phi) is 3.72. The van der Waals surface area contributed by atoms with E-state index < -0.39 is 0 Å². The highest BCUT2D eigenvalue weighted by Gasteiger charge is 2.27. The minimum Gasteiger partial charge on any atom is -0.493 e. The van der Waals surface area contributed by atoms with Gasteiger partial charge in [-0.1, -0.05) is 12.1 Å². The van der Waals surface area contributed by atoms with Gasteiger partial charge in [-0.3, -0.25) is 0 Å². The zero-order valence-electron chi connectivity index (χ0n) is 13.0. The first kappa shape index (κ1) is 14.8. The normalized spacial score (nSPS) is 14.4. The Hall–Kier alpha value is -2.76. The molecule has 2 aromatic rings. The van der Waals surface area contributed by atoms with Gasteiger partial charge in [-0.05, 0) is 23.8 Å². The number of nitrogens with one attached hydrogen (secondary N) is 2. The van der Waals surface area contributed by atoms with Gasteiger partial charge in [-0.2, -0.15) is 0 Å². The predicted octanol–water partition coefficient (Wildman–Crippen LogP) is 3.02. The minimum atomic E-state index is -0.322. The van der Waals surface area contributed by atoms with E-state index in [2.05, 4.69) is 10.6 Å². The van der Waals surface area contributed by atoms with E-state index in [0.29, 0.717) is 25.4 Å². The molecule has 0 saturated carbocycles. The van der Waals surface area contributed by atoms with Crippen molar-refractivity contribution in [3.8, 4) is 11.5 Å². The molecule has 0 aliphatic carbocycles. The highest BCUT2D eigenvalue weighted by atomic mass is 19.1. The van der Waals surface area contributed by atoms with Crippen molar-refractivity contribution in [2.45, 2.75) is 19.4 Å². The van der Waals surface area contributed by atoms with E-state index in [-0.39, 0.29) is 11.8 Å². The molecule has 6 heteroatoms. The average Bonchev–Trinajstić information content (AvgIpc) is 3.23. The lowest BCUT2D eigenvalue weighted by molar-refractivity contribution is 0.251. The van der Waals surface area contributed by atoms with Gasteiger partial charge in [0.1, 0.15) is 17.3 Å². The maximum Gasteiger partial charge on any atom is 0.319 e. The summed E-state index contributed by atoms with van der Waals surface area (Å²) < 4.78 is 24.2. The molecule has 24 heavy (non-hydrogen) atoms. The van der Waals surface area contributed by atoms with Crippen molar-refractivity contribution >= 4 is 11.7 Å². The van der Waals surface area contributed by atoms with Crippen LogP contribution in [0.5, 0.6) is 11.5 Å². The smallest absolute Gasteiger partial charge is 0.319 e. The number of hydrogen-bond acceptors (Lipinski definition) is 3. The van der Waals surface area contributed by atoms with Crippen LogP contribution in [0.15, 0.2) is 30.3 Å². The number of fused-ring (bicyclic) bond motifs is 2. The Labute approximate surface area is 138 Å². The van der Waals surface area contributed by atoms with Crippen LogP contribution in [0.1, 0.15) is 16.7 Å². The maximum absolute atomic E-state index is 12.9. The number of carbonyl (C=O) groups excluding carboxylic acids is 1. The fourth-order valence-corrected chi connectivity index (χ4v) is 3.06. The van der Waals surface area contributed by atoms with Gasteiger partial charge in [0.15, 0.2) is 0 Å². The summed E-state index contributed by atoms with van der Waals surface area (Å²) in [5, 5.41) is 5.68. The highest BCUT2D eigenvalue weighted by molar-refractivity contribution is 5.93. The molecule has 2 aliphatic heterocycles. The average molecular weight is 328 g/mol. The summed E-state index contributed by atoms with van der Waals surface area (Å²) in [5.41, 5.74) is 3.57. The summed E-state index contributed by atoms with van der Waals surface area (Å²) in [4.78, 5) is 12.3. The van der Waals surface area contributed by atoms with E-state index in [9.17, 15) is 9.18 Å². The van der Waals surface area contributed by atoms with Gasteiger partial charge in [0.25, 0.3) is 0 Å². The number of anilines is 1. The number of hydrogen-bond donors (Lipinski definition) is 2. The molecule has 0 atom stereocenters. The maximum atomic E-state index is 12.9. The molecule has 2 aromatic carbocycles. The molecule has 0 spiro atoms. The van der Waals surface area contributed by atoms with Gasteiger partial charge in [0, 0.05) is 30.5 Å². The van der Waals surface area contributed by atoms with Gasteiger partial charge < -0.3 is 20.1 Å². The molecule has 2 heterocycles. The topological polar surface area (TPSA) is 59.6 Å². The summed E-state index contributed by atoms with van der Waals surface area (Å²) in [6, 6.07) is 7.72. The van der Waals surface area contributed by atoms with Crippen LogP contribution in [0, 0.1) is 5.82 Å². The number of amides is 2. The van der Waals surface area contributed by atoms with Gasteiger partial charge in [-0.15, -0.1) is 0 Å². The first-order valence-electron chi connectivity index (χ1n) is 7.94. The summed E-state index contributed by atoms with van der Waals surface area (Å²) in [6.45, 7) is 1.55. The molecule has 5 nitrogen and oxygen atoms in total. The molecule has 2 amide bonds. The quantitative estimate of drug-likeness (QED) is 0.910. The van der Waals surface area contributed by atoms with Crippen molar-refractivity contribution in [1.82, 2.24) is 5.32 Å². The third-order valence-corrected chi connectivity index (χ3v) is 4.26.